The maximum absolute atomic E-state index is 13.6. The summed E-state index contributed by atoms with van der Waals surface area (Å²) in [6, 6.07) is 21.3. The van der Waals surface area contributed by atoms with Crippen LogP contribution in [0, 0.1) is 11.7 Å². The molecular weight excluding hydrogens is 611 g/mol. The average Bonchev–Trinajstić information content (AvgIpc) is 3.04. The molecule has 0 spiro atoms. The highest BCUT2D eigenvalue weighted by atomic mass is 32.2. The molecule has 1 saturated heterocycles. The number of aliphatic hydroxyl groups is 4. The molecule has 1 aliphatic heterocycles. The Hall–Kier alpha value is -3.19. The number of halogens is 1. The summed E-state index contributed by atoms with van der Waals surface area (Å²) >= 11 is 0. The molecule has 0 aromatic heterocycles. The van der Waals surface area contributed by atoms with Crippen LogP contribution in [0.3, 0.4) is 0 Å². The zero-order chi connectivity index (χ0) is 33.3. The van der Waals surface area contributed by atoms with Crippen LogP contribution in [0.15, 0.2) is 72.8 Å². The van der Waals surface area contributed by atoms with Gasteiger partial charge < -0.3 is 25.3 Å². The van der Waals surface area contributed by atoms with E-state index in [2.05, 4.69) is 4.72 Å². The van der Waals surface area contributed by atoms with Gasteiger partial charge in [0, 0.05) is 12.2 Å². The number of rotatable bonds is 18. The highest BCUT2D eigenvalue weighted by molar-refractivity contribution is 7.88. The largest absolute Gasteiger partial charge is 0.393 e. The molecule has 1 aliphatic rings. The van der Waals surface area contributed by atoms with Crippen LogP contribution < -0.4 is 9.62 Å². The third kappa shape index (κ3) is 9.66. The minimum atomic E-state index is -3.23. The second kappa shape index (κ2) is 16.1. The quantitative estimate of drug-likeness (QED) is 0.103. The number of nitrogens with one attached hydrogen (secondary N) is 1. The normalized spacial score (nSPS) is 17.6. The zero-order valence-electron chi connectivity index (χ0n) is 26.2. The molecule has 1 amide bonds. The number of carbonyl (C=O) groups excluding carboxylic acids is 1. The Balaban J connectivity index is 1.44. The summed E-state index contributed by atoms with van der Waals surface area (Å²) in [5.74, 6) is -0.763. The van der Waals surface area contributed by atoms with Crippen molar-refractivity contribution >= 4 is 21.6 Å². The van der Waals surface area contributed by atoms with Gasteiger partial charge in [-0.25, -0.2) is 17.5 Å². The van der Waals surface area contributed by atoms with Crippen LogP contribution in [0.2, 0.25) is 0 Å². The Bertz CT molecular complexity index is 1510. The van der Waals surface area contributed by atoms with E-state index in [9.17, 15) is 38.0 Å². The van der Waals surface area contributed by atoms with Crippen molar-refractivity contribution in [3.05, 3.63) is 101 Å². The number of nitrogens with zero attached hydrogens (tertiary/aromatic N) is 1. The molecule has 9 nitrogen and oxygen atoms in total. The summed E-state index contributed by atoms with van der Waals surface area (Å²) in [4.78, 5) is 15.4. The molecule has 46 heavy (non-hydrogen) atoms. The molecule has 0 aliphatic carbocycles. The zero-order valence-corrected chi connectivity index (χ0v) is 27.0. The highest BCUT2D eigenvalue weighted by Crippen LogP contribution is 2.46. The van der Waals surface area contributed by atoms with Crippen LogP contribution in [-0.2, 0) is 27.7 Å². The number of amides is 1. The standard InChI is InChI=1S/C35H45FN2O7S/c1-46(44,45)37-22-4-6-26-9-17-30(18-10-26)38-33(31(34(38)42)19-20-32(41)27-13-15-29(36)16-14-27)28-11-7-25(8-12-28)5-2-3-21-35(43,23-39)24-40/h7-18,31-33,37,39-41,43H,2-6,19-24H2,1H3. The van der Waals surface area contributed by atoms with E-state index in [0.717, 1.165) is 41.5 Å². The van der Waals surface area contributed by atoms with Gasteiger partial charge in [-0.1, -0.05) is 55.0 Å². The van der Waals surface area contributed by atoms with Gasteiger partial charge in [0.2, 0.25) is 15.9 Å². The molecule has 0 bridgehead atoms. The Morgan fingerprint density at radius 2 is 1.48 bits per heavy atom. The van der Waals surface area contributed by atoms with E-state index in [-0.39, 0.29) is 23.7 Å². The maximum atomic E-state index is 13.6. The topological polar surface area (TPSA) is 147 Å². The number of carbonyl (C=O) groups is 1. The molecule has 4 rings (SSSR count). The summed E-state index contributed by atoms with van der Waals surface area (Å²) in [6.07, 6.45) is 4.92. The Morgan fingerprint density at radius 1 is 0.891 bits per heavy atom. The SMILES string of the molecule is CS(=O)(=O)NCCCc1ccc(N2C(=O)C(CCC(O)c3ccc(F)cc3)C2c2ccc(CCCCC(O)(CO)CO)cc2)cc1. The number of benzene rings is 3. The second-order valence-electron chi connectivity index (χ2n) is 12.3. The first-order chi connectivity index (χ1) is 21.9. The van der Waals surface area contributed by atoms with E-state index < -0.39 is 34.9 Å². The van der Waals surface area contributed by atoms with E-state index >= 15 is 0 Å². The summed E-state index contributed by atoms with van der Waals surface area (Å²) in [7, 11) is -3.23. The van der Waals surface area contributed by atoms with E-state index in [1.165, 1.54) is 12.1 Å². The number of β-lactam (4-membered cyclic amide) rings is 1. The molecule has 1 fully saturated rings. The van der Waals surface area contributed by atoms with Gasteiger partial charge in [-0.2, -0.15) is 0 Å². The molecule has 0 saturated carbocycles. The number of unbranched alkanes of at least 4 members (excludes halogenated alkanes) is 1. The first kappa shape index (κ1) is 35.7. The predicted molar refractivity (Wildman–Crippen MR) is 175 cm³/mol. The number of anilines is 1. The third-order valence-corrected chi connectivity index (χ3v) is 9.44. The summed E-state index contributed by atoms with van der Waals surface area (Å²) in [5, 5.41) is 39.4. The first-order valence-corrected chi connectivity index (χ1v) is 17.7. The Kier molecular flexibility index (Phi) is 12.5. The van der Waals surface area contributed by atoms with Crippen molar-refractivity contribution in [2.45, 2.75) is 69.1 Å². The van der Waals surface area contributed by atoms with Gasteiger partial charge in [-0.15, -0.1) is 0 Å². The van der Waals surface area contributed by atoms with Gasteiger partial charge in [0.15, 0.2) is 0 Å². The second-order valence-corrected chi connectivity index (χ2v) is 14.2. The van der Waals surface area contributed by atoms with Crippen LogP contribution in [-0.4, -0.2) is 66.4 Å². The lowest BCUT2D eigenvalue weighted by molar-refractivity contribution is -0.131. The summed E-state index contributed by atoms with van der Waals surface area (Å²) in [5.41, 5.74) is 2.99. The van der Waals surface area contributed by atoms with E-state index in [0.29, 0.717) is 50.6 Å². The predicted octanol–water partition coefficient (Wildman–Crippen LogP) is 3.95. The van der Waals surface area contributed by atoms with Crippen molar-refractivity contribution in [2.75, 3.05) is 30.9 Å². The maximum Gasteiger partial charge on any atom is 0.233 e. The van der Waals surface area contributed by atoms with Crippen molar-refractivity contribution in [1.82, 2.24) is 4.72 Å². The lowest BCUT2D eigenvalue weighted by Gasteiger charge is -2.48. The van der Waals surface area contributed by atoms with Crippen LogP contribution in [0.5, 0.6) is 0 Å². The molecule has 3 atom stereocenters. The number of aryl methyl sites for hydroxylation is 2. The molecule has 5 N–H and O–H groups in total. The van der Waals surface area contributed by atoms with Crippen molar-refractivity contribution in [2.24, 2.45) is 5.92 Å². The van der Waals surface area contributed by atoms with Gasteiger partial charge in [-0.3, -0.25) is 4.79 Å². The van der Waals surface area contributed by atoms with Crippen LogP contribution in [0.1, 0.15) is 72.9 Å². The number of sulfonamides is 1. The number of aliphatic hydroxyl groups excluding tert-OH is 3. The molecule has 11 heteroatoms. The van der Waals surface area contributed by atoms with Crippen molar-refractivity contribution in [1.29, 1.82) is 0 Å². The number of hydrogen-bond donors (Lipinski definition) is 5. The average molecular weight is 657 g/mol. The lowest BCUT2D eigenvalue weighted by atomic mass is 9.78. The fourth-order valence-corrected chi connectivity index (χ4v) is 6.45. The highest BCUT2D eigenvalue weighted by Gasteiger charge is 2.48. The Morgan fingerprint density at radius 3 is 2.07 bits per heavy atom. The molecule has 3 unspecified atom stereocenters. The van der Waals surface area contributed by atoms with Crippen molar-refractivity contribution in [3.8, 4) is 0 Å². The van der Waals surface area contributed by atoms with Gasteiger partial charge >= 0.3 is 0 Å². The monoisotopic (exact) mass is 656 g/mol. The molecule has 0 radical (unpaired) electrons. The molecule has 3 aromatic rings. The smallest absolute Gasteiger partial charge is 0.233 e. The van der Waals surface area contributed by atoms with Gasteiger partial charge in [0.25, 0.3) is 0 Å². The molecule has 250 valence electrons. The van der Waals surface area contributed by atoms with Gasteiger partial charge in [-0.05, 0) is 91.5 Å². The fraction of sp³-hybridized carbons (Fsp3) is 0.457. The van der Waals surface area contributed by atoms with Crippen molar-refractivity contribution < 1.29 is 38.0 Å². The van der Waals surface area contributed by atoms with Crippen LogP contribution in [0.25, 0.3) is 0 Å². The van der Waals surface area contributed by atoms with Gasteiger partial charge in [0.05, 0.1) is 37.5 Å². The van der Waals surface area contributed by atoms with Crippen LogP contribution in [0.4, 0.5) is 10.1 Å². The van der Waals surface area contributed by atoms with E-state index in [1.807, 2.05) is 48.5 Å². The number of hydrogen-bond acceptors (Lipinski definition) is 7. The lowest BCUT2D eigenvalue weighted by Crippen LogP contribution is -2.55. The van der Waals surface area contributed by atoms with Crippen molar-refractivity contribution in [3.63, 3.8) is 0 Å². The summed E-state index contributed by atoms with van der Waals surface area (Å²) in [6.45, 7) is -0.618. The molecular formula is C35H45FN2O7S. The first-order valence-electron chi connectivity index (χ1n) is 15.8. The third-order valence-electron chi connectivity index (χ3n) is 8.71. The van der Waals surface area contributed by atoms with E-state index in [4.69, 9.17) is 0 Å². The molecule has 1 heterocycles. The molecule has 3 aromatic carbocycles. The van der Waals surface area contributed by atoms with Gasteiger partial charge in [0.1, 0.15) is 11.4 Å². The minimum absolute atomic E-state index is 0.0364. The van der Waals surface area contributed by atoms with E-state index in [1.54, 1.807) is 17.0 Å². The fourth-order valence-electron chi connectivity index (χ4n) is 5.93. The summed E-state index contributed by atoms with van der Waals surface area (Å²) < 4.78 is 38.5. The minimum Gasteiger partial charge on any atom is -0.393 e. The Labute approximate surface area is 270 Å². The van der Waals surface area contributed by atoms with Crippen LogP contribution >= 0.6 is 0 Å².